The minimum Gasteiger partial charge on any atom is -0.365 e. The van der Waals surface area contributed by atoms with Crippen LogP contribution in [0.2, 0.25) is 5.02 Å². The molecule has 1 aliphatic heterocycles. The lowest BCUT2D eigenvalue weighted by molar-refractivity contribution is 0.245. The third-order valence-corrected chi connectivity index (χ3v) is 5.96. The van der Waals surface area contributed by atoms with Gasteiger partial charge >= 0.3 is 0 Å². The summed E-state index contributed by atoms with van der Waals surface area (Å²) in [7, 11) is 0. The predicted octanol–water partition coefficient (Wildman–Crippen LogP) is 4.71. The molecule has 1 aromatic heterocycles. The van der Waals surface area contributed by atoms with Gasteiger partial charge in [-0.25, -0.2) is 4.39 Å². The van der Waals surface area contributed by atoms with E-state index in [9.17, 15) is 4.39 Å². The summed E-state index contributed by atoms with van der Waals surface area (Å²) in [5, 5.41) is 12.5. The van der Waals surface area contributed by atoms with Gasteiger partial charge in [0.2, 0.25) is 0 Å². The molecule has 2 aromatic rings. The lowest BCUT2D eigenvalue weighted by atomic mass is 9.92. The van der Waals surface area contributed by atoms with Gasteiger partial charge in [0.15, 0.2) is 0 Å². The van der Waals surface area contributed by atoms with E-state index in [4.69, 9.17) is 11.6 Å². The molecule has 0 amide bonds. The first-order valence-electron chi connectivity index (χ1n) is 9.58. The van der Waals surface area contributed by atoms with E-state index < -0.39 is 0 Å². The SMILES string of the molecule is CC(C)(C)CCN1C[C@@H]2C(Nc3ccc(-c4cc(F)ccc4Cl)nn3)[C@@H]2C1. The fraction of sp³-hybridized carbons (Fsp3) is 0.524. The molecule has 6 heteroatoms. The number of halogens is 2. The molecular formula is C21H26ClFN4. The second-order valence-corrected chi connectivity index (χ2v) is 9.40. The maximum Gasteiger partial charge on any atom is 0.148 e. The van der Waals surface area contributed by atoms with Gasteiger partial charge in [0, 0.05) is 24.7 Å². The zero-order valence-electron chi connectivity index (χ0n) is 16.0. The van der Waals surface area contributed by atoms with Crippen molar-refractivity contribution in [2.24, 2.45) is 17.3 Å². The summed E-state index contributed by atoms with van der Waals surface area (Å²) in [4.78, 5) is 2.58. The molecule has 0 spiro atoms. The normalized spacial score (nSPS) is 24.7. The maximum absolute atomic E-state index is 13.5. The predicted molar refractivity (Wildman–Crippen MR) is 107 cm³/mol. The second-order valence-electron chi connectivity index (χ2n) is 9.00. The zero-order valence-corrected chi connectivity index (χ0v) is 16.8. The second kappa shape index (κ2) is 7.02. The van der Waals surface area contributed by atoms with Crippen molar-refractivity contribution >= 4 is 17.4 Å². The molecule has 3 atom stereocenters. The van der Waals surface area contributed by atoms with E-state index in [-0.39, 0.29) is 5.82 Å². The molecule has 2 aliphatic rings. The smallest absolute Gasteiger partial charge is 0.148 e. The number of likely N-dealkylation sites (tertiary alicyclic amines) is 1. The summed E-state index contributed by atoms with van der Waals surface area (Å²) >= 11 is 6.14. The molecule has 1 aliphatic carbocycles. The molecule has 1 N–H and O–H groups in total. The highest BCUT2D eigenvalue weighted by Gasteiger charge is 2.55. The van der Waals surface area contributed by atoms with Crippen LogP contribution in [0.25, 0.3) is 11.3 Å². The summed E-state index contributed by atoms with van der Waals surface area (Å²) < 4.78 is 13.5. The van der Waals surface area contributed by atoms with E-state index >= 15 is 0 Å². The number of benzene rings is 1. The Bertz CT molecular complexity index is 806. The largest absolute Gasteiger partial charge is 0.365 e. The van der Waals surface area contributed by atoms with Crippen LogP contribution < -0.4 is 5.32 Å². The van der Waals surface area contributed by atoms with E-state index in [1.807, 2.05) is 12.1 Å². The Morgan fingerprint density at radius 2 is 1.89 bits per heavy atom. The summed E-state index contributed by atoms with van der Waals surface area (Å²) in [6.45, 7) is 10.4. The molecule has 144 valence electrons. The molecule has 1 aromatic carbocycles. The third kappa shape index (κ3) is 4.25. The van der Waals surface area contributed by atoms with Crippen molar-refractivity contribution in [2.45, 2.75) is 33.2 Å². The Balaban J connectivity index is 1.32. The number of nitrogens with one attached hydrogen (secondary N) is 1. The van der Waals surface area contributed by atoms with E-state index in [1.54, 1.807) is 0 Å². The quantitative estimate of drug-likeness (QED) is 0.805. The van der Waals surface area contributed by atoms with Crippen molar-refractivity contribution in [1.29, 1.82) is 0 Å². The fourth-order valence-corrected chi connectivity index (χ4v) is 4.14. The first-order chi connectivity index (χ1) is 12.8. The van der Waals surface area contributed by atoms with E-state index in [2.05, 4.69) is 41.2 Å². The average Bonchev–Trinajstić information content (AvgIpc) is 3.05. The van der Waals surface area contributed by atoms with E-state index in [0.29, 0.717) is 39.6 Å². The van der Waals surface area contributed by atoms with Crippen molar-refractivity contribution < 1.29 is 4.39 Å². The van der Waals surface area contributed by atoms with Gasteiger partial charge in [-0.1, -0.05) is 32.4 Å². The molecule has 4 nitrogen and oxygen atoms in total. The molecule has 1 saturated heterocycles. The first kappa shape index (κ1) is 18.6. The summed E-state index contributed by atoms with van der Waals surface area (Å²) in [5.41, 5.74) is 1.54. The highest BCUT2D eigenvalue weighted by molar-refractivity contribution is 6.33. The molecule has 1 saturated carbocycles. The average molecular weight is 389 g/mol. The molecular weight excluding hydrogens is 363 g/mol. The Hall–Kier alpha value is -1.72. The lowest BCUT2D eigenvalue weighted by Gasteiger charge is -2.25. The van der Waals surface area contributed by atoms with Crippen molar-refractivity contribution in [3.63, 3.8) is 0 Å². The Labute approximate surface area is 165 Å². The molecule has 0 radical (unpaired) electrons. The number of aromatic nitrogens is 2. The van der Waals surface area contributed by atoms with Gasteiger partial charge in [0.05, 0.1) is 10.7 Å². The number of anilines is 1. The van der Waals surface area contributed by atoms with Crippen LogP contribution in [-0.4, -0.2) is 40.8 Å². The molecule has 4 rings (SSSR count). The van der Waals surface area contributed by atoms with Crippen LogP contribution >= 0.6 is 11.6 Å². The summed E-state index contributed by atoms with van der Waals surface area (Å²) in [6, 6.07) is 8.49. The monoisotopic (exact) mass is 388 g/mol. The topological polar surface area (TPSA) is 41.0 Å². The molecule has 2 heterocycles. The highest BCUT2D eigenvalue weighted by atomic mass is 35.5. The van der Waals surface area contributed by atoms with Crippen molar-refractivity contribution in [3.05, 3.63) is 41.2 Å². The van der Waals surface area contributed by atoms with Crippen LogP contribution in [0.4, 0.5) is 10.2 Å². The standard InChI is InChI=1S/C21H26ClFN4/c1-21(2,3)8-9-27-11-15-16(12-27)20(15)24-19-7-6-18(25-26-19)14-10-13(23)4-5-17(14)22/h4-7,10,15-16,20H,8-9,11-12H2,1-3H3,(H,24,26)/t15-,16+,20?. The molecule has 0 bridgehead atoms. The molecule has 27 heavy (non-hydrogen) atoms. The van der Waals surface area contributed by atoms with Gasteiger partial charge in [-0.15, -0.1) is 10.2 Å². The van der Waals surface area contributed by atoms with Crippen LogP contribution in [0.15, 0.2) is 30.3 Å². The highest BCUT2D eigenvalue weighted by Crippen LogP contribution is 2.47. The number of rotatable bonds is 5. The van der Waals surface area contributed by atoms with Crippen LogP contribution in [0.5, 0.6) is 0 Å². The van der Waals surface area contributed by atoms with Gasteiger partial charge in [0.1, 0.15) is 11.6 Å². The van der Waals surface area contributed by atoms with Crippen LogP contribution in [-0.2, 0) is 0 Å². The number of hydrogen-bond donors (Lipinski definition) is 1. The first-order valence-corrected chi connectivity index (χ1v) is 9.96. The molecule has 1 unspecified atom stereocenters. The summed E-state index contributed by atoms with van der Waals surface area (Å²) in [6.07, 6.45) is 1.24. The third-order valence-electron chi connectivity index (χ3n) is 5.63. The van der Waals surface area contributed by atoms with Crippen molar-refractivity contribution in [3.8, 4) is 11.3 Å². The van der Waals surface area contributed by atoms with E-state index in [0.717, 1.165) is 5.82 Å². The minimum atomic E-state index is -0.333. The number of nitrogens with zero attached hydrogens (tertiary/aromatic N) is 3. The number of piperidine rings is 1. The van der Waals surface area contributed by atoms with Gasteiger partial charge < -0.3 is 10.2 Å². The number of hydrogen-bond acceptors (Lipinski definition) is 4. The molecule has 2 fully saturated rings. The summed E-state index contributed by atoms with van der Waals surface area (Å²) in [5.74, 6) is 1.86. The Morgan fingerprint density at radius 1 is 1.15 bits per heavy atom. The van der Waals surface area contributed by atoms with Gasteiger partial charge in [-0.05, 0) is 60.5 Å². The van der Waals surface area contributed by atoms with E-state index in [1.165, 1.54) is 44.3 Å². The Kier molecular flexibility index (Phi) is 4.85. The maximum atomic E-state index is 13.5. The van der Waals surface area contributed by atoms with Gasteiger partial charge in [0.25, 0.3) is 0 Å². The minimum absolute atomic E-state index is 0.333. The van der Waals surface area contributed by atoms with Crippen LogP contribution in [0.1, 0.15) is 27.2 Å². The van der Waals surface area contributed by atoms with Crippen LogP contribution in [0, 0.1) is 23.1 Å². The zero-order chi connectivity index (χ0) is 19.2. The fourth-order valence-electron chi connectivity index (χ4n) is 3.92. The Morgan fingerprint density at radius 3 is 2.52 bits per heavy atom. The lowest BCUT2D eigenvalue weighted by Crippen LogP contribution is -2.30. The van der Waals surface area contributed by atoms with Gasteiger partial charge in [-0.2, -0.15) is 0 Å². The van der Waals surface area contributed by atoms with Gasteiger partial charge in [-0.3, -0.25) is 0 Å². The van der Waals surface area contributed by atoms with Crippen LogP contribution in [0.3, 0.4) is 0 Å². The number of fused-ring (bicyclic) bond motifs is 1. The van der Waals surface area contributed by atoms with Crippen molar-refractivity contribution in [1.82, 2.24) is 15.1 Å². The van der Waals surface area contributed by atoms with Crippen molar-refractivity contribution in [2.75, 3.05) is 25.0 Å².